The summed E-state index contributed by atoms with van der Waals surface area (Å²) in [7, 11) is 0. The summed E-state index contributed by atoms with van der Waals surface area (Å²) in [5, 5.41) is 0. The van der Waals surface area contributed by atoms with Gasteiger partial charge < -0.3 is 4.74 Å². The SMILES string of the molecule is CCCCCCCCc1cnc(-c2ccccc2-c2ccc(OC(=O)C(C)(F)CCCCCCCC)cc2)nc1. The largest absolute Gasteiger partial charge is 0.424 e. The fourth-order valence-electron chi connectivity index (χ4n) is 4.92. The molecule has 0 N–H and O–H groups in total. The second kappa shape index (κ2) is 16.9. The van der Waals surface area contributed by atoms with Crippen molar-refractivity contribution in [1.82, 2.24) is 9.97 Å². The Morgan fingerprint density at radius 3 is 1.93 bits per heavy atom. The van der Waals surface area contributed by atoms with E-state index in [4.69, 9.17) is 4.74 Å². The molecular weight excluding hydrogens is 499 g/mol. The number of aromatic nitrogens is 2. The van der Waals surface area contributed by atoms with Crippen molar-refractivity contribution in [3.05, 3.63) is 66.5 Å². The monoisotopic (exact) mass is 546 g/mol. The van der Waals surface area contributed by atoms with Crippen LogP contribution in [0.25, 0.3) is 22.5 Å². The maximum absolute atomic E-state index is 15.0. The molecule has 216 valence electrons. The standard InChI is InChI=1S/C35H47FN2O2/c1-4-6-8-10-12-14-18-28-26-37-33(38-27-28)32-20-16-15-19-31(32)29-21-23-30(24-22-29)40-34(39)35(3,36)25-17-13-11-9-7-5-2/h15-16,19-24,26-27H,4-14,17-18,25H2,1-3H3. The molecule has 0 spiro atoms. The zero-order chi connectivity index (χ0) is 28.6. The average molecular weight is 547 g/mol. The van der Waals surface area contributed by atoms with Crippen LogP contribution in [0.4, 0.5) is 4.39 Å². The second-order valence-corrected chi connectivity index (χ2v) is 11.1. The molecular formula is C35H47FN2O2. The molecule has 0 aliphatic heterocycles. The maximum Gasteiger partial charge on any atom is 0.348 e. The van der Waals surface area contributed by atoms with Crippen molar-refractivity contribution in [3.63, 3.8) is 0 Å². The molecule has 0 aliphatic rings. The summed E-state index contributed by atoms with van der Waals surface area (Å²) < 4.78 is 20.4. The van der Waals surface area contributed by atoms with E-state index in [0.29, 0.717) is 18.0 Å². The minimum Gasteiger partial charge on any atom is -0.424 e. The van der Waals surface area contributed by atoms with Gasteiger partial charge >= 0.3 is 5.97 Å². The summed E-state index contributed by atoms with van der Waals surface area (Å²) in [6.45, 7) is 5.74. The highest BCUT2D eigenvalue weighted by molar-refractivity contribution is 5.82. The van der Waals surface area contributed by atoms with Crippen LogP contribution in [0.2, 0.25) is 0 Å². The topological polar surface area (TPSA) is 52.1 Å². The highest BCUT2D eigenvalue weighted by Crippen LogP contribution is 2.32. The number of ether oxygens (including phenoxy) is 1. The first-order valence-corrected chi connectivity index (χ1v) is 15.4. The Kier molecular flexibility index (Phi) is 13.3. The Balaban J connectivity index is 1.58. The van der Waals surface area contributed by atoms with Gasteiger partial charge in [-0.05, 0) is 61.4 Å². The Morgan fingerprint density at radius 2 is 1.30 bits per heavy atom. The van der Waals surface area contributed by atoms with Crippen LogP contribution < -0.4 is 4.74 Å². The number of hydrogen-bond donors (Lipinski definition) is 0. The lowest BCUT2D eigenvalue weighted by molar-refractivity contribution is -0.147. The van der Waals surface area contributed by atoms with Crippen LogP contribution in [0.5, 0.6) is 5.75 Å². The predicted molar refractivity (Wildman–Crippen MR) is 163 cm³/mol. The van der Waals surface area contributed by atoms with Crippen molar-refractivity contribution < 1.29 is 13.9 Å². The molecule has 3 aromatic rings. The van der Waals surface area contributed by atoms with Gasteiger partial charge in [0.15, 0.2) is 5.82 Å². The predicted octanol–water partition coefficient (Wildman–Crippen LogP) is 10.1. The fraction of sp³-hybridized carbons (Fsp3) is 0.514. The summed E-state index contributed by atoms with van der Waals surface area (Å²) in [5.74, 6) is 0.192. The van der Waals surface area contributed by atoms with E-state index >= 15 is 4.39 Å². The number of aryl methyl sites for hydroxylation is 1. The molecule has 0 aliphatic carbocycles. The van der Waals surface area contributed by atoms with E-state index in [0.717, 1.165) is 42.4 Å². The van der Waals surface area contributed by atoms with E-state index in [9.17, 15) is 4.79 Å². The molecule has 5 heteroatoms. The summed E-state index contributed by atoms with van der Waals surface area (Å²) >= 11 is 0. The molecule has 1 unspecified atom stereocenters. The Hall–Kier alpha value is -3.08. The average Bonchev–Trinajstić information content (AvgIpc) is 2.97. The Labute approximate surface area is 240 Å². The van der Waals surface area contributed by atoms with Gasteiger partial charge in [-0.15, -0.1) is 0 Å². The molecule has 4 nitrogen and oxygen atoms in total. The first-order valence-electron chi connectivity index (χ1n) is 15.4. The normalized spacial score (nSPS) is 12.7. The second-order valence-electron chi connectivity index (χ2n) is 11.1. The quantitative estimate of drug-likeness (QED) is 0.0905. The third kappa shape index (κ3) is 10.1. The van der Waals surface area contributed by atoms with E-state index in [-0.39, 0.29) is 6.42 Å². The molecule has 3 rings (SSSR count). The molecule has 0 amide bonds. The number of carbonyl (C=O) groups is 1. The van der Waals surface area contributed by atoms with Crippen LogP contribution in [0, 0.1) is 0 Å². The first kappa shape index (κ1) is 31.4. The van der Waals surface area contributed by atoms with Crippen LogP contribution >= 0.6 is 0 Å². The highest BCUT2D eigenvalue weighted by atomic mass is 19.1. The summed E-state index contributed by atoms with van der Waals surface area (Å²) in [5.41, 5.74) is 2.05. The summed E-state index contributed by atoms with van der Waals surface area (Å²) in [6, 6.07) is 15.2. The molecule has 0 radical (unpaired) electrons. The van der Waals surface area contributed by atoms with Crippen LogP contribution in [0.3, 0.4) is 0 Å². The fourth-order valence-corrected chi connectivity index (χ4v) is 4.92. The molecule has 40 heavy (non-hydrogen) atoms. The maximum atomic E-state index is 15.0. The van der Waals surface area contributed by atoms with Gasteiger partial charge in [-0.3, -0.25) is 0 Å². The highest BCUT2D eigenvalue weighted by Gasteiger charge is 2.34. The third-order valence-electron chi connectivity index (χ3n) is 7.49. The molecule has 0 saturated heterocycles. The number of unbranched alkanes of at least 4 members (excludes halogenated alkanes) is 10. The molecule has 2 aromatic carbocycles. The lowest BCUT2D eigenvalue weighted by Crippen LogP contribution is -2.34. The van der Waals surface area contributed by atoms with E-state index < -0.39 is 11.6 Å². The van der Waals surface area contributed by atoms with Crippen LogP contribution in [-0.2, 0) is 11.2 Å². The molecule has 0 fully saturated rings. The smallest absolute Gasteiger partial charge is 0.348 e. The lowest BCUT2D eigenvalue weighted by Gasteiger charge is -2.18. The molecule has 0 bridgehead atoms. The van der Waals surface area contributed by atoms with Gasteiger partial charge in [0.05, 0.1) is 0 Å². The van der Waals surface area contributed by atoms with Crippen LogP contribution in [0.15, 0.2) is 60.9 Å². The van der Waals surface area contributed by atoms with E-state index in [2.05, 4.69) is 23.8 Å². The molecule has 1 heterocycles. The lowest BCUT2D eigenvalue weighted by atomic mass is 9.98. The van der Waals surface area contributed by atoms with Crippen molar-refractivity contribution in [2.24, 2.45) is 0 Å². The van der Waals surface area contributed by atoms with E-state index in [1.807, 2.05) is 48.8 Å². The number of halogens is 1. The van der Waals surface area contributed by atoms with Crippen LogP contribution in [0.1, 0.15) is 110 Å². The molecule has 1 atom stereocenters. The first-order chi connectivity index (χ1) is 19.4. The third-order valence-corrected chi connectivity index (χ3v) is 7.49. The number of nitrogens with zero attached hydrogens (tertiary/aromatic N) is 2. The van der Waals surface area contributed by atoms with Crippen molar-refractivity contribution in [2.75, 3.05) is 0 Å². The summed E-state index contributed by atoms with van der Waals surface area (Å²) in [6.07, 6.45) is 18.9. The molecule has 1 aromatic heterocycles. The molecule has 0 saturated carbocycles. The van der Waals surface area contributed by atoms with E-state index in [1.165, 1.54) is 63.9 Å². The Bertz CT molecular complexity index is 1140. The number of esters is 1. The van der Waals surface area contributed by atoms with Gasteiger partial charge in [0, 0.05) is 18.0 Å². The number of benzene rings is 2. The zero-order valence-electron chi connectivity index (χ0n) is 24.8. The van der Waals surface area contributed by atoms with Crippen molar-refractivity contribution in [3.8, 4) is 28.3 Å². The van der Waals surface area contributed by atoms with Crippen molar-refractivity contribution in [1.29, 1.82) is 0 Å². The van der Waals surface area contributed by atoms with Gasteiger partial charge in [-0.1, -0.05) is 114 Å². The van der Waals surface area contributed by atoms with Crippen molar-refractivity contribution in [2.45, 2.75) is 116 Å². The van der Waals surface area contributed by atoms with Gasteiger partial charge in [0.25, 0.3) is 0 Å². The minimum absolute atomic E-state index is 0.182. The zero-order valence-corrected chi connectivity index (χ0v) is 24.8. The minimum atomic E-state index is -1.99. The number of rotatable bonds is 18. The van der Waals surface area contributed by atoms with E-state index in [1.54, 1.807) is 12.1 Å². The van der Waals surface area contributed by atoms with Crippen molar-refractivity contribution >= 4 is 5.97 Å². The van der Waals surface area contributed by atoms with Gasteiger partial charge in [-0.25, -0.2) is 19.2 Å². The van der Waals surface area contributed by atoms with Crippen LogP contribution in [-0.4, -0.2) is 21.6 Å². The van der Waals surface area contributed by atoms with Gasteiger partial charge in [0.1, 0.15) is 5.75 Å². The number of hydrogen-bond acceptors (Lipinski definition) is 4. The number of alkyl halides is 1. The summed E-state index contributed by atoms with van der Waals surface area (Å²) in [4.78, 5) is 21.9. The number of carbonyl (C=O) groups excluding carboxylic acids is 1. The Morgan fingerprint density at radius 1 is 0.750 bits per heavy atom. The van der Waals surface area contributed by atoms with Gasteiger partial charge in [-0.2, -0.15) is 0 Å². The van der Waals surface area contributed by atoms with Gasteiger partial charge in [0.2, 0.25) is 5.67 Å².